The van der Waals surface area contributed by atoms with Crippen LogP contribution in [0.3, 0.4) is 0 Å². The van der Waals surface area contributed by atoms with E-state index in [1.165, 1.54) is 7.05 Å². The summed E-state index contributed by atoms with van der Waals surface area (Å²) in [5, 5.41) is 9.10. The summed E-state index contributed by atoms with van der Waals surface area (Å²) in [5.41, 5.74) is 0. The van der Waals surface area contributed by atoms with Gasteiger partial charge in [-0.1, -0.05) is 0 Å². The largest absolute Gasteiger partial charge is 0.481 e. The van der Waals surface area contributed by atoms with Gasteiger partial charge in [-0.3, -0.25) is 9.59 Å². The molecule has 0 saturated carbocycles. The fourth-order valence-corrected chi connectivity index (χ4v) is 3.38. The van der Waals surface area contributed by atoms with Crippen LogP contribution in [0.2, 0.25) is 0 Å². The predicted octanol–water partition coefficient (Wildman–Crippen LogP) is -0.658. The molecule has 1 amide bonds. The Labute approximate surface area is 112 Å². The first-order chi connectivity index (χ1) is 8.71. The van der Waals surface area contributed by atoms with E-state index in [1.807, 2.05) is 0 Å². The molecule has 8 heteroatoms. The molecule has 2 fully saturated rings. The van der Waals surface area contributed by atoms with Crippen LogP contribution in [-0.4, -0.2) is 66.5 Å². The molecule has 3 unspecified atom stereocenters. The van der Waals surface area contributed by atoms with Crippen molar-refractivity contribution in [1.29, 1.82) is 0 Å². The van der Waals surface area contributed by atoms with E-state index in [2.05, 4.69) is 0 Å². The van der Waals surface area contributed by atoms with Crippen molar-refractivity contribution < 1.29 is 23.1 Å². The maximum absolute atomic E-state index is 12.2. The zero-order chi connectivity index (χ0) is 14.4. The molecule has 0 aromatic carbocycles. The molecule has 108 valence electrons. The van der Waals surface area contributed by atoms with Crippen molar-refractivity contribution in [3.63, 3.8) is 0 Å². The fraction of sp³-hybridized carbons (Fsp3) is 0.818. The minimum atomic E-state index is -3.40. The van der Waals surface area contributed by atoms with Crippen molar-refractivity contribution >= 4 is 21.9 Å². The van der Waals surface area contributed by atoms with E-state index in [4.69, 9.17) is 5.11 Å². The SMILES string of the molecule is CN(CC(=O)N1C2CCC1C(C(=O)O)C2)S(C)(=O)=O. The van der Waals surface area contributed by atoms with Gasteiger partial charge in [-0.2, -0.15) is 4.31 Å². The van der Waals surface area contributed by atoms with E-state index in [0.717, 1.165) is 17.0 Å². The first-order valence-corrected chi connectivity index (χ1v) is 8.02. The van der Waals surface area contributed by atoms with Crippen LogP contribution in [0.4, 0.5) is 0 Å². The number of carboxylic acid groups (broad SMARTS) is 1. The third-order valence-electron chi connectivity index (χ3n) is 4.07. The van der Waals surface area contributed by atoms with Gasteiger partial charge in [0.05, 0.1) is 18.7 Å². The third-order valence-corrected chi connectivity index (χ3v) is 5.33. The molecular weight excluding hydrogens is 272 g/mol. The highest BCUT2D eigenvalue weighted by Gasteiger charge is 2.51. The Hall–Kier alpha value is -1.15. The highest BCUT2D eigenvalue weighted by molar-refractivity contribution is 7.88. The van der Waals surface area contributed by atoms with Gasteiger partial charge in [0, 0.05) is 19.1 Å². The van der Waals surface area contributed by atoms with Crippen molar-refractivity contribution in [2.75, 3.05) is 19.8 Å². The zero-order valence-electron chi connectivity index (χ0n) is 10.9. The summed E-state index contributed by atoms with van der Waals surface area (Å²) in [6.07, 6.45) is 3.02. The number of nitrogens with zero attached hydrogens (tertiary/aromatic N) is 2. The van der Waals surface area contributed by atoms with E-state index < -0.39 is 21.9 Å². The zero-order valence-corrected chi connectivity index (χ0v) is 11.8. The average Bonchev–Trinajstić information content (AvgIpc) is 2.84. The topological polar surface area (TPSA) is 95.0 Å². The van der Waals surface area contributed by atoms with E-state index in [9.17, 15) is 18.0 Å². The molecule has 19 heavy (non-hydrogen) atoms. The van der Waals surface area contributed by atoms with E-state index >= 15 is 0 Å². The monoisotopic (exact) mass is 290 g/mol. The Balaban J connectivity index is 2.07. The van der Waals surface area contributed by atoms with Gasteiger partial charge in [0.15, 0.2) is 0 Å². The molecule has 0 spiro atoms. The lowest BCUT2D eigenvalue weighted by Gasteiger charge is -2.25. The maximum Gasteiger partial charge on any atom is 0.308 e. The smallest absolute Gasteiger partial charge is 0.308 e. The third kappa shape index (κ3) is 2.59. The van der Waals surface area contributed by atoms with E-state index in [-0.39, 0.29) is 24.5 Å². The molecule has 2 aliphatic rings. The molecular formula is C11H18N2O5S. The second-order valence-corrected chi connectivity index (χ2v) is 7.39. The second kappa shape index (κ2) is 4.75. The minimum Gasteiger partial charge on any atom is -0.481 e. The molecule has 0 radical (unpaired) electrons. The summed E-state index contributed by atoms with van der Waals surface area (Å²) in [6, 6.07) is -0.325. The van der Waals surface area contributed by atoms with Gasteiger partial charge in [0.1, 0.15) is 0 Å². The molecule has 1 N–H and O–H groups in total. The molecule has 0 aliphatic carbocycles. The van der Waals surface area contributed by atoms with Crippen molar-refractivity contribution in [3.05, 3.63) is 0 Å². The van der Waals surface area contributed by atoms with Crippen LogP contribution < -0.4 is 0 Å². The molecule has 7 nitrogen and oxygen atoms in total. The summed E-state index contributed by atoms with van der Waals surface area (Å²) in [7, 11) is -2.06. The van der Waals surface area contributed by atoms with Gasteiger partial charge in [0.2, 0.25) is 15.9 Å². The summed E-state index contributed by atoms with van der Waals surface area (Å²) >= 11 is 0. The number of sulfonamides is 1. The van der Waals surface area contributed by atoms with Crippen LogP contribution in [-0.2, 0) is 19.6 Å². The van der Waals surface area contributed by atoms with Crippen LogP contribution in [0, 0.1) is 5.92 Å². The Bertz CT molecular complexity index is 503. The van der Waals surface area contributed by atoms with Gasteiger partial charge in [-0.25, -0.2) is 8.42 Å². The number of carbonyl (C=O) groups excluding carboxylic acids is 1. The van der Waals surface area contributed by atoms with Gasteiger partial charge < -0.3 is 10.0 Å². The first-order valence-electron chi connectivity index (χ1n) is 6.17. The number of carbonyl (C=O) groups is 2. The predicted molar refractivity (Wildman–Crippen MR) is 66.9 cm³/mol. The quantitative estimate of drug-likeness (QED) is 0.742. The number of aliphatic carboxylic acids is 1. The van der Waals surface area contributed by atoms with Crippen LogP contribution >= 0.6 is 0 Å². The minimum absolute atomic E-state index is 0.0495. The highest BCUT2D eigenvalue weighted by atomic mass is 32.2. The molecule has 2 aliphatic heterocycles. The molecule has 0 aromatic heterocycles. The molecule has 2 saturated heterocycles. The summed E-state index contributed by atoms with van der Waals surface area (Å²) in [5.74, 6) is -1.68. The van der Waals surface area contributed by atoms with Crippen molar-refractivity contribution in [2.45, 2.75) is 31.3 Å². The van der Waals surface area contributed by atoms with Crippen molar-refractivity contribution in [1.82, 2.24) is 9.21 Å². The Morgan fingerprint density at radius 3 is 2.47 bits per heavy atom. The van der Waals surface area contributed by atoms with Crippen LogP contribution in [0.25, 0.3) is 0 Å². The normalized spacial score (nSPS) is 30.1. The van der Waals surface area contributed by atoms with Crippen molar-refractivity contribution in [3.8, 4) is 0 Å². The fourth-order valence-electron chi connectivity index (χ4n) is 3.03. The van der Waals surface area contributed by atoms with Crippen molar-refractivity contribution in [2.24, 2.45) is 5.92 Å². The summed E-state index contributed by atoms with van der Waals surface area (Å²) < 4.78 is 23.6. The van der Waals surface area contributed by atoms with Gasteiger partial charge in [0.25, 0.3) is 0 Å². The summed E-state index contributed by atoms with van der Waals surface area (Å²) in [4.78, 5) is 24.8. The number of carboxylic acids is 1. The number of hydrogen-bond donors (Lipinski definition) is 1. The molecule has 3 atom stereocenters. The lowest BCUT2D eigenvalue weighted by Crippen LogP contribution is -2.44. The molecule has 2 rings (SSSR count). The Morgan fingerprint density at radius 1 is 1.37 bits per heavy atom. The molecule has 2 bridgehead atoms. The highest BCUT2D eigenvalue weighted by Crippen LogP contribution is 2.41. The number of likely N-dealkylation sites (N-methyl/N-ethyl adjacent to an activating group) is 1. The van der Waals surface area contributed by atoms with E-state index in [1.54, 1.807) is 4.90 Å². The van der Waals surface area contributed by atoms with Gasteiger partial charge in [-0.15, -0.1) is 0 Å². The standard InChI is InChI=1S/C11H18N2O5S/c1-12(19(2,17)18)6-10(14)13-7-3-4-9(13)8(5-7)11(15)16/h7-9H,3-6H2,1-2H3,(H,15,16). The average molecular weight is 290 g/mol. The Morgan fingerprint density at radius 2 is 2.00 bits per heavy atom. The number of amides is 1. The van der Waals surface area contributed by atoms with Crippen LogP contribution in [0.15, 0.2) is 0 Å². The number of fused-ring (bicyclic) bond motifs is 2. The second-order valence-electron chi connectivity index (χ2n) is 5.30. The maximum atomic E-state index is 12.2. The number of hydrogen-bond acceptors (Lipinski definition) is 4. The van der Waals surface area contributed by atoms with Crippen LogP contribution in [0.5, 0.6) is 0 Å². The lowest BCUT2D eigenvalue weighted by molar-refractivity contribution is -0.143. The van der Waals surface area contributed by atoms with E-state index in [0.29, 0.717) is 12.8 Å². The van der Waals surface area contributed by atoms with Gasteiger partial charge >= 0.3 is 5.97 Å². The van der Waals surface area contributed by atoms with Crippen LogP contribution in [0.1, 0.15) is 19.3 Å². The van der Waals surface area contributed by atoms with Gasteiger partial charge in [-0.05, 0) is 19.3 Å². The Kier molecular flexibility index (Phi) is 3.57. The number of rotatable bonds is 4. The lowest BCUT2D eigenvalue weighted by atomic mass is 9.89. The molecule has 2 heterocycles. The first kappa shape index (κ1) is 14.3. The molecule has 0 aromatic rings. The summed E-state index contributed by atoms with van der Waals surface area (Å²) in [6.45, 7) is -0.224.